The zero-order valence-corrected chi connectivity index (χ0v) is 13.2. The number of ether oxygens (including phenoxy) is 1. The highest BCUT2D eigenvalue weighted by atomic mass is 35.5. The lowest BCUT2D eigenvalue weighted by Crippen LogP contribution is -2.32. The Balaban J connectivity index is 1.87. The minimum Gasteiger partial charge on any atom is -0.473 e. The lowest BCUT2D eigenvalue weighted by molar-refractivity contribution is 0.234. The number of carbonyl (C=O) groups is 1. The van der Waals surface area contributed by atoms with Crippen molar-refractivity contribution in [1.82, 2.24) is 5.32 Å². The van der Waals surface area contributed by atoms with Crippen molar-refractivity contribution in [3.8, 4) is 5.75 Å². The summed E-state index contributed by atoms with van der Waals surface area (Å²) in [7, 11) is 0. The number of amides is 2. The van der Waals surface area contributed by atoms with E-state index < -0.39 is 6.03 Å². The van der Waals surface area contributed by atoms with E-state index in [-0.39, 0.29) is 6.73 Å². The molecule has 0 aromatic heterocycles. The van der Waals surface area contributed by atoms with Crippen LogP contribution in [0.4, 0.5) is 16.2 Å². The molecular weight excluding hydrogens is 302 g/mol. The monoisotopic (exact) mass is 319 g/mol. The van der Waals surface area contributed by atoms with Crippen molar-refractivity contribution in [2.24, 2.45) is 0 Å². The van der Waals surface area contributed by atoms with Gasteiger partial charge in [0.05, 0.1) is 10.7 Å². The van der Waals surface area contributed by atoms with E-state index in [9.17, 15) is 4.79 Å². The number of halogens is 1. The molecule has 0 aliphatic carbocycles. The summed E-state index contributed by atoms with van der Waals surface area (Å²) < 4.78 is 5.55. The summed E-state index contributed by atoms with van der Waals surface area (Å²) in [5.41, 5.74) is 8.80. The van der Waals surface area contributed by atoms with Crippen LogP contribution in [0.5, 0.6) is 5.75 Å². The Morgan fingerprint density at radius 2 is 2.05 bits per heavy atom. The predicted octanol–water partition coefficient (Wildman–Crippen LogP) is 3.70. The highest BCUT2D eigenvalue weighted by Crippen LogP contribution is 2.24. The van der Waals surface area contributed by atoms with Gasteiger partial charge in [0.15, 0.2) is 6.73 Å². The van der Waals surface area contributed by atoms with E-state index >= 15 is 0 Å². The first-order valence-electron chi connectivity index (χ1n) is 6.76. The molecule has 22 heavy (non-hydrogen) atoms. The third-order valence-electron chi connectivity index (χ3n) is 3.26. The van der Waals surface area contributed by atoms with Gasteiger partial charge in [0, 0.05) is 5.69 Å². The number of nitrogens with one attached hydrogen (secondary N) is 2. The molecule has 2 aromatic rings. The lowest BCUT2D eigenvalue weighted by atomic mass is 10.1. The fourth-order valence-electron chi connectivity index (χ4n) is 1.86. The highest BCUT2D eigenvalue weighted by molar-refractivity contribution is 6.34. The fourth-order valence-corrected chi connectivity index (χ4v) is 2.10. The molecule has 0 aliphatic heterocycles. The van der Waals surface area contributed by atoms with Crippen LogP contribution < -0.4 is 21.1 Å². The first-order valence-corrected chi connectivity index (χ1v) is 7.14. The van der Waals surface area contributed by atoms with Crippen molar-refractivity contribution >= 4 is 29.0 Å². The maximum atomic E-state index is 11.8. The van der Waals surface area contributed by atoms with Crippen LogP contribution in [-0.2, 0) is 0 Å². The number of aryl methyl sites for hydroxylation is 1. The van der Waals surface area contributed by atoms with E-state index in [1.165, 1.54) is 0 Å². The second-order valence-corrected chi connectivity index (χ2v) is 5.26. The molecule has 0 spiro atoms. The first kappa shape index (κ1) is 16.0. The maximum Gasteiger partial charge on any atom is 0.321 e. The molecule has 0 unspecified atom stereocenters. The normalized spacial score (nSPS) is 10.1. The van der Waals surface area contributed by atoms with Crippen LogP contribution in [-0.4, -0.2) is 12.8 Å². The second kappa shape index (κ2) is 7.04. The smallest absolute Gasteiger partial charge is 0.321 e. The molecule has 2 amide bonds. The zero-order valence-electron chi connectivity index (χ0n) is 12.4. The van der Waals surface area contributed by atoms with E-state index in [0.717, 1.165) is 16.9 Å². The molecule has 116 valence electrons. The summed E-state index contributed by atoms with van der Waals surface area (Å²) in [5.74, 6) is 0.741. The summed E-state index contributed by atoms with van der Waals surface area (Å²) in [6.45, 7) is 4.03. The number of hydrogen-bond acceptors (Lipinski definition) is 3. The third kappa shape index (κ3) is 4.05. The van der Waals surface area contributed by atoms with Crippen LogP contribution in [0.2, 0.25) is 5.02 Å². The summed E-state index contributed by atoms with van der Waals surface area (Å²) in [6.07, 6.45) is 0. The van der Waals surface area contributed by atoms with Crippen LogP contribution in [0.15, 0.2) is 36.4 Å². The standard InChI is InChI=1S/C16H18ClN3O2/c1-10-4-3-5-15(11(10)2)22-9-19-16(21)20-14-7-6-12(18)8-13(14)17/h3-8H,9,18H2,1-2H3,(H2,19,20,21). The second-order valence-electron chi connectivity index (χ2n) is 4.86. The number of hydrogen-bond donors (Lipinski definition) is 3. The van der Waals surface area contributed by atoms with Crippen molar-refractivity contribution in [1.29, 1.82) is 0 Å². The number of anilines is 2. The molecule has 0 fully saturated rings. The average molecular weight is 320 g/mol. The minimum absolute atomic E-state index is 0.0583. The van der Waals surface area contributed by atoms with Gasteiger partial charge in [-0.25, -0.2) is 4.79 Å². The first-order chi connectivity index (χ1) is 10.5. The Kier molecular flexibility index (Phi) is 5.12. The van der Waals surface area contributed by atoms with Crippen molar-refractivity contribution in [2.75, 3.05) is 17.8 Å². The Morgan fingerprint density at radius 3 is 2.77 bits per heavy atom. The fraction of sp³-hybridized carbons (Fsp3) is 0.188. The van der Waals surface area contributed by atoms with E-state index in [1.54, 1.807) is 18.2 Å². The van der Waals surface area contributed by atoms with Crippen molar-refractivity contribution < 1.29 is 9.53 Å². The summed E-state index contributed by atoms with van der Waals surface area (Å²) in [6, 6.07) is 10.2. The number of benzene rings is 2. The van der Waals surface area contributed by atoms with Gasteiger partial charge in [0.2, 0.25) is 0 Å². The van der Waals surface area contributed by atoms with E-state index in [1.807, 2.05) is 32.0 Å². The molecule has 4 N–H and O–H groups in total. The van der Waals surface area contributed by atoms with Crippen molar-refractivity contribution in [3.05, 3.63) is 52.5 Å². The Labute approximate surface area is 134 Å². The highest BCUT2D eigenvalue weighted by Gasteiger charge is 2.06. The summed E-state index contributed by atoms with van der Waals surface area (Å²) in [4.78, 5) is 11.8. The third-order valence-corrected chi connectivity index (χ3v) is 3.57. The topological polar surface area (TPSA) is 76.4 Å². The van der Waals surface area contributed by atoms with Gasteiger partial charge in [-0.1, -0.05) is 23.7 Å². The molecule has 0 saturated carbocycles. The largest absolute Gasteiger partial charge is 0.473 e. The molecule has 5 nitrogen and oxygen atoms in total. The quantitative estimate of drug-likeness (QED) is 0.594. The molecule has 0 aliphatic rings. The Hall–Kier alpha value is -2.40. The van der Waals surface area contributed by atoms with E-state index in [0.29, 0.717) is 16.4 Å². The van der Waals surface area contributed by atoms with Crippen molar-refractivity contribution in [3.63, 3.8) is 0 Å². The molecule has 0 radical (unpaired) electrons. The SMILES string of the molecule is Cc1cccc(OCNC(=O)Nc2ccc(N)cc2Cl)c1C. The number of carbonyl (C=O) groups excluding carboxylic acids is 1. The number of nitrogens with two attached hydrogens (primary N) is 1. The van der Waals surface area contributed by atoms with Gasteiger partial charge in [-0.05, 0) is 49.2 Å². The van der Waals surface area contributed by atoms with Crippen LogP contribution in [0.3, 0.4) is 0 Å². The number of urea groups is 1. The molecule has 0 atom stereocenters. The zero-order chi connectivity index (χ0) is 16.1. The average Bonchev–Trinajstić information content (AvgIpc) is 2.46. The molecule has 2 aromatic carbocycles. The molecule has 0 heterocycles. The van der Waals surface area contributed by atoms with Crippen molar-refractivity contribution in [2.45, 2.75) is 13.8 Å². The molecular formula is C16H18ClN3O2. The minimum atomic E-state index is -0.406. The molecule has 0 bridgehead atoms. The summed E-state index contributed by atoms with van der Waals surface area (Å²) >= 11 is 5.99. The maximum absolute atomic E-state index is 11.8. The van der Waals surface area contributed by atoms with Gasteiger partial charge >= 0.3 is 6.03 Å². The van der Waals surface area contributed by atoms with E-state index in [4.69, 9.17) is 22.1 Å². The van der Waals surface area contributed by atoms with Gasteiger partial charge in [0.25, 0.3) is 0 Å². The molecule has 2 rings (SSSR count). The number of rotatable bonds is 4. The van der Waals surface area contributed by atoms with Gasteiger partial charge in [-0.3, -0.25) is 0 Å². The Morgan fingerprint density at radius 1 is 1.27 bits per heavy atom. The van der Waals surface area contributed by atoms with E-state index in [2.05, 4.69) is 10.6 Å². The van der Waals surface area contributed by atoms with Gasteiger partial charge in [0.1, 0.15) is 5.75 Å². The summed E-state index contributed by atoms with van der Waals surface area (Å²) in [5, 5.41) is 5.62. The van der Waals surface area contributed by atoms with Crippen LogP contribution >= 0.6 is 11.6 Å². The molecule has 6 heteroatoms. The molecule has 0 saturated heterocycles. The Bertz CT molecular complexity index is 689. The number of nitrogen functional groups attached to an aromatic ring is 1. The predicted molar refractivity (Wildman–Crippen MR) is 89.4 cm³/mol. The van der Waals surface area contributed by atoms with Crippen LogP contribution in [0.1, 0.15) is 11.1 Å². The van der Waals surface area contributed by atoms with Crippen LogP contribution in [0.25, 0.3) is 0 Å². The van der Waals surface area contributed by atoms with Gasteiger partial charge < -0.3 is 21.1 Å². The van der Waals surface area contributed by atoms with Gasteiger partial charge in [-0.2, -0.15) is 0 Å². The van der Waals surface area contributed by atoms with Gasteiger partial charge in [-0.15, -0.1) is 0 Å². The van der Waals surface area contributed by atoms with Crippen LogP contribution in [0, 0.1) is 13.8 Å². The lowest BCUT2D eigenvalue weighted by Gasteiger charge is -2.12.